The topological polar surface area (TPSA) is 69.2 Å². The zero-order valence-electron chi connectivity index (χ0n) is 18.4. The van der Waals surface area contributed by atoms with Gasteiger partial charge in [0.25, 0.3) is 0 Å². The molecule has 0 atom stereocenters. The summed E-state index contributed by atoms with van der Waals surface area (Å²) in [6.45, 7) is 6.05. The molecule has 1 heterocycles. The van der Waals surface area contributed by atoms with Gasteiger partial charge in [-0.15, -0.1) is 24.0 Å². The summed E-state index contributed by atoms with van der Waals surface area (Å²) in [7, 11) is 3.53. The van der Waals surface area contributed by atoms with Gasteiger partial charge < -0.3 is 25.2 Å². The first kappa shape index (κ1) is 24.8. The molecule has 1 fully saturated rings. The second-order valence-corrected chi connectivity index (χ2v) is 7.28. The van der Waals surface area contributed by atoms with Gasteiger partial charge in [-0.25, -0.2) is 0 Å². The van der Waals surface area contributed by atoms with Crippen LogP contribution in [0.4, 0.5) is 11.4 Å². The minimum absolute atomic E-state index is 0. The van der Waals surface area contributed by atoms with Gasteiger partial charge in [-0.3, -0.25) is 9.79 Å². The Morgan fingerprint density at radius 1 is 1.10 bits per heavy atom. The van der Waals surface area contributed by atoms with Gasteiger partial charge in [0, 0.05) is 64.1 Å². The van der Waals surface area contributed by atoms with Crippen molar-refractivity contribution in [2.45, 2.75) is 13.3 Å². The van der Waals surface area contributed by atoms with Gasteiger partial charge in [0.15, 0.2) is 5.96 Å². The molecule has 3 rings (SSSR count). The molecule has 0 spiro atoms. The van der Waals surface area contributed by atoms with Gasteiger partial charge in [0.2, 0.25) is 5.91 Å². The molecule has 0 aliphatic carbocycles. The number of hydrogen-bond donors (Lipinski definition) is 2. The maximum absolute atomic E-state index is 11.1. The molecule has 0 radical (unpaired) electrons. The van der Waals surface area contributed by atoms with E-state index in [0.29, 0.717) is 0 Å². The van der Waals surface area contributed by atoms with E-state index >= 15 is 0 Å². The second kappa shape index (κ2) is 12.4. The average molecular weight is 537 g/mol. The largest absolute Gasteiger partial charge is 0.497 e. The molecule has 0 bridgehead atoms. The Labute approximate surface area is 201 Å². The number of hydrogen-bond acceptors (Lipinski definition) is 4. The van der Waals surface area contributed by atoms with Crippen LogP contribution >= 0.6 is 24.0 Å². The van der Waals surface area contributed by atoms with E-state index in [1.165, 1.54) is 18.2 Å². The number of benzene rings is 2. The van der Waals surface area contributed by atoms with Crippen molar-refractivity contribution >= 4 is 47.2 Å². The van der Waals surface area contributed by atoms with E-state index in [9.17, 15) is 4.79 Å². The number of halogens is 1. The van der Waals surface area contributed by atoms with Crippen LogP contribution in [0.5, 0.6) is 5.75 Å². The summed E-state index contributed by atoms with van der Waals surface area (Å²) in [5.41, 5.74) is 3.23. The Balaban J connectivity index is 0.00000341. The molecule has 8 heteroatoms. The Hall–Kier alpha value is -2.49. The van der Waals surface area contributed by atoms with E-state index < -0.39 is 0 Å². The lowest BCUT2D eigenvalue weighted by atomic mass is 10.1. The highest BCUT2D eigenvalue weighted by molar-refractivity contribution is 14.0. The lowest BCUT2D eigenvalue weighted by Crippen LogP contribution is -2.52. The van der Waals surface area contributed by atoms with Crippen molar-refractivity contribution in [3.63, 3.8) is 0 Å². The van der Waals surface area contributed by atoms with E-state index in [1.54, 1.807) is 7.11 Å². The highest BCUT2D eigenvalue weighted by Crippen LogP contribution is 2.22. The molecule has 1 amide bonds. The van der Waals surface area contributed by atoms with Crippen molar-refractivity contribution in [2.24, 2.45) is 4.99 Å². The van der Waals surface area contributed by atoms with Crippen molar-refractivity contribution < 1.29 is 9.53 Å². The molecule has 2 aromatic carbocycles. The molecule has 0 unspecified atom stereocenters. The number of nitrogens with one attached hydrogen (secondary N) is 2. The van der Waals surface area contributed by atoms with Crippen LogP contribution in [-0.4, -0.2) is 63.6 Å². The predicted octanol–water partition coefficient (Wildman–Crippen LogP) is 3.21. The van der Waals surface area contributed by atoms with Crippen LogP contribution in [0.3, 0.4) is 0 Å². The number of piperazine rings is 1. The smallest absolute Gasteiger partial charge is 0.221 e. The molecule has 2 aromatic rings. The Kier molecular flexibility index (Phi) is 9.90. The van der Waals surface area contributed by atoms with E-state index in [4.69, 9.17) is 4.74 Å². The standard InChI is InChI=1S/C23H31N5O2.HI/c1-18(29)26-20-9-7-19(8-10-20)11-12-25-23(24-2)28-15-13-27(14-16-28)21-5-4-6-22(17-21)30-3;/h4-10,17H,11-16H2,1-3H3,(H,24,25)(H,26,29);1H. The fourth-order valence-corrected chi connectivity index (χ4v) is 3.59. The molecule has 0 saturated carbocycles. The molecular weight excluding hydrogens is 505 g/mol. The van der Waals surface area contributed by atoms with Crippen LogP contribution in [0.2, 0.25) is 0 Å². The van der Waals surface area contributed by atoms with E-state index in [0.717, 1.165) is 56.5 Å². The van der Waals surface area contributed by atoms with Crippen molar-refractivity contribution in [2.75, 3.05) is 57.1 Å². The normalized spacial score (nSPS) is 14.0. The third-order valence-corrected chi connectivity index (χ3v) is 5.18. The number of nitrogens with zero attached hydrogens (tertiary/aromatic N) is 3. The first-order valence-corrected chi connectivity index (χ1v) is 10.3. The third-order valence-electron chi connectivity index (χ3n) is 5.18. The van der Waals surface area contributed by atoms with Crippen molar-refractivity contribution in [3.05, 3.63) is 54.1 Å². The van der Waals surface area contributed by atoms with Gasteiger partial charge in [0.1, 0.15) is 5.75 Å². The van der Waals surface area contributed by atoms with Crippen LogP contribution in [-0.2, 0) is 11.2 Å². The van der Waals surface area contributed by atoms with Gasteiger partial charge >= 0.3 is 0 Å². The van der Waals surface area contributed by atoms with Crippen LogP contribution in [0.15, 0.2) is 53.5 Å². The lowest BCUT2D eigenvalue weighted by molar-refractivity contribution is -0.114. The van der Waals surface area contributed by atoms with Gasteiger partial charge in [-0.2, -0.15) is 0 Å². The molecule has 0 aromatic heterocycles. The van der Waals surface area contributed by atoms with Crippen molar-refractivity contribution in [1.82, 2.24) is 10.2 Å². The summed E-state index contributed by atoms with van der Waals surface area (Å²) < 4.78 is 5.34. The van der Waals surface area contributed by atoms with E-state index in [2.05, 4.69) is 37.6 Å². The van der Waals surface area contributed by atoms with Gasteiger partial charge in [-0.1, -0.05) is 18.2 Å². The maximum Gasteiger partial charge on any atom is 0.221 e. The van der Waals surface area contributed by atoms with Gasteiger partial charge in [0.05, 0.1) is 7.11 Å². The number of amides is 1. The first-order chi connectivity index (χ1) is 14.6. The van der Waals surface area contributed by atoms with Crippen molar-refractivity contribution in [1.29, 1.82) is 0 Å². The molecule has 1 aliphatic heterocycles. The summed E-state index contributed by atoms with van der Waals surface area (Å²) in [5, 5.41) is 6.26. The molecular formula is C23H32IN5O2. The van der Waals surface area contributed by atoms with Crippen LogP contribution in [0.1, 0.15) is 12.5 Å². The second-order valence-electron chi connectivity index (χ2n) is 7.28. The minimum Gasteiger partial charge on any atom is -0.497 e. The summed E-state index contributed by atoms with van der Waals surface area (Å²) >= 11 is 0. The highest BCUT2D eigenvalue weighted by atomic mass is 127. The Morgan fingerprint density at radius 2 is 1.81 bits per heavy atom. The number of carbonyl (C=O) groups excluding carboxylic acids is 1. The fraction of sp³-hybridized carbons (Fsp3) is 0.391. The van der Waals surface area contributed by atoms with Crippen LogP contribution in [0, 0.1) is 0 Å². The Bertz CT molecular complexity index is 865. The number of guanidine groups is 1. The zero-order valence-corrected chi connectivity index (χ0v) is 20.8. The SMILES string of the molecule is CN=C(NCCc1ccc(NC(C)=O)cc1)N1CCN(c2cccc(OC)c2)CC1.I. The summed E-state index contributed by atoms with van der Waals surface area (Å²) in [6.07, 6.45) is 0.892. The maximum atomic E-state index is 11.1. The first-order valence-electron chi connectivity index (χ1n) is 10.3. The molecule has 31 heavy (non-hydrogen) atoms. The third kappa shape index (κ3) is 7.30. The lowest BCUT2D eigenvalue weighted by Gasteiger charge is -2.37. The van der Waals surface area contributed by atoms with Crippen molar-refractivity contribution in [3.8, 4) is 5.75 Å². The predicted molar refractivity (Wildman–Crippen MR) is 138 cm³/mol. The quantitative estimate of drug-likeness (QED) is 0.337. The number of anilines is 2. The minimum atomic E-state index is -0.0558. The number of aliphatic imine (C=N–C) groups is 1. The summed E-state index contributed by atoms with van der Waals surface area (Å²) in [5.74, 6) is 1.77. The van der Waals surface area contributed by atoms with E-state index in [1.807, 2.05) is 43.4 Å². The molecule has 168 valence electrons. The monoisotopic (exact) mass is 537 g/mol. The van der Waals surface area contributed by atoms with E-state index in [-0.39, 0.29) is 29.9 Å². The molecule has 2 N–H and O–H groups in total. The number of carbonyl (C=O) groups is 1. The zero-order chi connectivity index (χ0) is 21.3. The Morgan fingerprint density at radius 3 is 2.42 bits per heavy atom. The highest BCUT2D eigenvalue weighted by Gasteiger charge is 2.20. The molecule has 1 aliphatic rings. The molecule has 1 saturated heterocycles. The number of ether oxygens (including phenoxy) is 1. The van der Waals surface area contributed by atoms with Crippen LogP contribution < -0.4 is 20.3 Å². The summed E-state index contributed by atoms with van der Waals surface area (Å²) in [6, 6.07) is 16.2. The number of rotatable bonds is 6. The molecule has 7 nitrogen and oxygen atoms in total. The number of methoxy groups -OCH3 is 1. The average Bonchev–Trinajstić information content (AvgIpc) is 2.78. The summed E-state index contributed by atoms with van der Waals surface area (Å²) in [4.78, 5) is 20.3. The fourth-order valence-electron chi connectivity index (χ4n) is 3.59. The van der Waals surface area contributed by atoms with Crippen LogP contribution in [0.25, 0.3) is 0 Å². The van der Waals surface area contributed by atoms with Gasteiger partial charge in [-0.05, 0) is 36.2 Å².